The van der Waals surface area contributed by atoms with Gasteiger partial charge in [0, 0.05) is 11.6 Å². The summed E-state index contributed by atoms with van der Waals surface area (Å²) in [6.07, 6.45) is 0. The number of hydrogen-bond acceptors (Lipinski definition) is 4. The first-order valence-corrected chi connectivity index (χ1v) is 8.27. The normalized spacial score (nSPS) is 11.6. The number of carbonyl (C=O) groups is 1. The average Bonchev–Trinajstić information content (AvgIpc) is 2.63. The second-order valence-corrected chi connectivity index (χ2v) is 6.04. The largest absolute Gasteiger partial charge is 0.492 e. The predicted octanol–water partition coefficient (Wildman–Crippen LogP) is 3.55. The van der Waals surface area contributed by atoms with E-state index in [1.807, 2.05) is 18.9 Å². The summed E-state index contributed by atoms with van der Waals surface area (Å²) in [7, 11) is 1.85. The van der Waals surface area contributed by atoms with Gasteiger partial charge in [-0.25, -0.2) is 0 Å². The highest BCUT2D eigenvalue weighted by Crippen LogP contribution is 2.16. The number of benzene rings is 2. The molecule has 0 aliphatic carbocycles. The summed E-state index contributed by atoms with van der Waals surface area (Å²) < 4.78 is 5.64. The van der Waals surface area contributed by atoms with Crippen LogP contribution < -0.4 is 10.1 Å². The number of amides is 1. The SMILES string of the molecule is CC(C(=O)Nc1ccccc1C#N)N(C)CCOc1ccc(Cl)cc1. The highest BCUT2D eigenvalue weighted by atomic mass is 35.5. The van der Waals surface area contributed by atoms with Crippen LogP contribution in [-0.4, -0.2) is 37.0 Å². The van der Waals surface area contributed by atoms with E-state index in [9.17, 15) is 4.79 Å². The molecule has 0 spiro atoms. The molecule has 2 rings (SSSR count). The molecule has 1 unspecified atom stereocenters. The van der Waals surface area contributed by atoms with E-state index in [0.29, 0.717) is 29.4 Å². The smallest absolute Gasteiger partial charge is 0.241 e. The number of anilines is 1. The van der Waals surface area contributed by atoms with Crippen molar-refractivity contribution in [1.82, 2.24) is 4.90 Å². The minimum Gasteiger partial charge on any atom is -0.492 e. The van der Waals surface area contributed by atoms with Crippen LogP contribution in [0, 0.1) is 11.3 Å². The van der Waals surface area contributed by atoms with Gasteiger partial charge in [-0.05, 0) is 50.4 Å². The van der Waals surface area contributed by atoms with Gasteiger partial charge >= 0.3 is 0 Å². The molecule has 0 heterocycles. The predicted molar refractivity (Wildman–Crippen MR) is 98.8 cm³/mol. The third-order valence-corrected chi connectivity index (χ3v) is 4.12. The molecular formula is C19H20ClN3O2. The lowest BCUT2D eigenvalue weighted by Crippen LogP contribution is -2.41. The molecule has 130 valence electrons. The van der Waals surface area contributed by atoms with Crippen LogP contribution in [0.5, 0.6) is 5.75 Å². The maximum absolute atomic E-state index is 12.4. The number of nitrogens with one attached hydrogen (secondary N) is 1. The number of halogens is 1. The Hall–Kier alpha value is -2.55. The molecule has 1 amide bonds. The number of likely N-dealkylation sites (N-methyl/N-ethyl adjacent to an activating group) is 1. The molecule has 0 aromatic heterocycles. The number of nitriles is 1. The molecule has 5 nitrogen and oxygen atoms in total. The second-order valence-electron chi connectivity index (χ2n) is 5.61. The third kappa shape index (κ3) is 5.49. The number of para-hydroxylation sites is 1. The van der Waals surface area contributed by atoms with Gasteiger partial charge < -0.3 is 10.1 Å². The van der Waals surface area contributed by atoms with E-state index in [1.165, 1.54) is 0 Å². The van der Waals surface area contributed by atoms with Crippen LogP contribution >= 0.6 is 11.6 Å². The molecular weight excluding hydrogens is 338 g/mol. The van der Waals surface area contributed by atoms with Crippen LogP contribution in [0.3, 0.4) is 0 Å². The number of nitrogens with zero attached hydrogens (tertiary/aromatic N) is 2. The van der Waals surface area contributed by atoms with Crippen molar-refractivity contribution in [2.45, 2.75) is 13.0 Å². The van der Waals surface area contributed by atoms with E-state index >= 15 is 0 Å². The fraction of sp³-hybridized carbons (Fsp3) is 0.263. The van der Waals surface area contributed by atoms with Gasteiger partial charge in [0.25, 0.3) is 0 Å². The molecule has 0 fully saturated rings. The van der Waals surface area contributed by atoms with Crippen molar-refractivity contribution in [2.24, 2.45) is 0 Å². The number of carbonyl (C=O) groups excluding carboxylic acids is 1. The van der Waals surface area contributed by atoms with Gasteiger partial charge in [-0.2, -0.15) is 5.26 Å². The van der Waals surface area contributed by atoms with Gasteiger partial charge in [0.1, 0.15) is 18.4 Å². The Bertz CT molecular complexity index is 756. The fourth-order valence-electron chi connectivity index (χ4n) is 2.16. The standard InChI is InChI=1S/C19H20ClN3O2/c1-14(19(24)22-18-6-4-3-5-15(18)13-21)23(2)11-12-25-17-9-7-16(20)8-10-17/h3-10,14H,11-12H2,1-2H3,(H,22,24). The summed E-state index contributed by atoms with van der Waals surface area (Å²) in [5.74, 6) is 0.564. The summed E-state index contributed by atoms with van der Waals surface area (Å²) in [5.41, 5.74) is 0.962. The maximum atomic E-state index is 12.4. The van der Waals surface area contributed by atoms with Gasteiger partial charge in [0.2, 0.25) is 5.91 Å². The maximum Gasteiger partial charge on any atom is 0.241 e. The average molecular weight is 358 g/mol. The van der Waals surface area contributed by atoms with Crippen molar-refractivity contribution in [3.8, 4) is 11.8 Å². The third-order valence-electron chi connectivity index (χ3n) is 3.87. The zero-order chi connectivity index (χ0) is 18.2. The number of rotatable bonds is 7. The minimum atomic E-state index is -0.361. The Kier molecular flexibility index (Phi) is 6.81. The van der Waals surface area contributed by atoms with Crippen molar-refractivity contribution in [3.63, 3.8) is 0 Å². The quantitative estimate of drug-likeness (QED) is 0.823. The van der Waals surface area contributed by atoms with Crippen LogP contribution in [0.25, 0.3) is 0 Å². The van der Waals surface area contributed by atoms with Crippen molar-refractivity contribution in [2.75, 3.05) is 25.5 Å². The van der Waals surface area contributed by atoms with Gasteiger partial charge in [-0.15, -0.1) is 0 Å². The molecule has 0 bridgehead atoms. The van der Waals surface area contributed by atoms with Crippen LogP contribution in [0.4, 0.5) is 5.69 Å². The van der Waals surface area contributed by atoms with Crippen LogP contribution in [0.1, 0.15) is 12.5 Å². The van der Waals surface area contributed by atoms with E-state index in [4.69, 9.17) is 21.6 Å². The molecule has 0 radical (unpaired) electrons. The Morgan fingerprint density at radius 3 is 2.64 bits per heavy atom. The van der Waals surface area contributed by atoms with Crippen molar-refractivity contribution < 1.29 is 9.53 Å². The lowest BCUT2D eigenvalue weighted by Gasteiger charge is -2.24. The summed E-state index contributed by atoms with van der Waals surface area (Å²) in [4.78, 5) is 14.3. The van der Waals surface area contributed by atoms with Crippen LogP contribution in [0.2, 0.25) is 5.02 Å². The summed E-state index contributed by atoms with van der Waals surface area (Å²) >= 11 is 5.83. The lowest BCUT2D eigenvalue weighted by molar-refractivity contribution is -0.120. The topological polar surface area (TPSA) is 65.4 Å². The minimum absolute atomic E-state index is 0.170. The summed E-state index contributed by atoms with van der Waals surface area (Å²) in [6.45, 7) is 2.84. The fourth-order valence-corrected chi connectivity index (χ4v) is 2.28. The first-order chi connectivity index (χ1) is 12.0. The zero-order valence-corrected chi connectivity index (χ0v) is 15.0. The van der Waals surface area contributed by atoms with E-state index in [1.54, 1.807) is 48.5 Å². The first-order valence-electron chi connectivity index (χ1n) is 7.90. The number of ether oxygens (including phenoxy) is 1. The second kappa shape index (κ2) is 9.07. The van der Waals surface area contributed by atoms with Gasteiger partial charge in [-0.3, -0.25) is 9.69 Å². The molecule has 0 saturated heterocycles. The van der Waals surface area contributed by atoms with Gasteiger partial charge in [-0.1, -0.05) is 23.7 Å². The Morgan fingerprint density at radius 1 is 1.28 bits per heavy atom. The van der Waals surface area contributed by atoms with Crippen molar-refractivity contribution in [3.05, 3.63) is 59.1 Å². The Morgan fingerprint density at radius 2 is 1.96 bits per heavy atom. The molecule has 6 heteroatoms. The highest BCUT2D eigenvalue weighted by molar-refractivity contribution is 6.30. The zero-order valence-electron chi connectivity index (χ0n) is 14.2. The molecule has 2 aromatic carbocycles. The Balaban J connectivity index is 1.84. The number of hydrogen-bond donors (Lipinski definition) is 1. The van der Waals surface area contributed by atoms with E-state index in [0.717, 1.165) is 5.75 Å². The van der Waals surface area contributed by atoms with Crippen molar-refractivity contribution in [1.29, 1.82) is 5.26 Å². The van der Waals surface area contributed by atoms with E-state index in [-0.39, 0.29) is 11.9 Å². The highest BCUT2D eigenvalue weighted by Gasteiger charge is 2.18. The lowest BCUT2D eigenvalue weighted by atomic mass is 10.2. The summed E-state index contributed by atoms with van der Waals surface area (Å²) in [5, 5.41) is 12.5. The molecule has 0 aliphatic rings. The molecule has 0 aliphatic heterocycles. The van der Waals surface area contributed by atoms with Crippen molar-refractivity contribution >= 4 is 23.2 Å². The Labute approximate surface area is 152 Å². The van der Waals surface area contributed by atoms with Crippen LogP contribution in [0.15, 0.2) is 48.5 Å². The molecule has 1 N–H and O–H groups in total. The van der Waals surface area contributed by atoms with Crippen LogP contribution in [-0.2, 0) is 4.79 Å². The molecule has 2 aromatic rings. The molecule has 25 heavy (non-hydrogen) atoms. The molecule has 1 atom stereocenters. The van der Waals surface area contributed by atoms with E-state index in [2.05, 4.69) is 11.4 Å². The van der Waals surface area contributed by atoms with Gasteiger partial charge in [0.15, 0.2) is 0 Å². The van der Waals surface area contributed by atoms with Gasteiger partial charge in [0.05, 0.1) is 17.3 Å². The monoisotopic (exact) mass is 357 g/mol. The summed E-state index contributed by atoms with van der Waals surface area (Å²) in [6, 6.07) is 15.8. The van der Waals surface area contributed by atoms with E-state index < -0.39 is 0 Å². The first kappa shape index (κ1) is 18.8. The molecule has 0 saturated carbocycles.